The molecule has 1 rings (SSSR count). The Hall–Kier alpha value is -1.55. The maximum Gasteiger partial charge on any atom is 0.253 e. The van der Waals surface area contributed by atoms with Crippen LogP contribution in [-0.2, 0) is 0 Å². The molecule has 0 saturated carbocycles. The highest BCUT2D eigenvalue weighted by Gasteiger charge is 2.17. The van der Waals surface area contributed by atoms with Crippen molar-refractivity contribution in [2.45, 2.75) is 33.2 Å². The van der Waals surface area contributed by atoms with E-state index in [1.807, 2.05) is 33.2 Å². The van der Waals surface area contributed by atoms with Crippen LogP contribution in [0.2, 0.25) is 0 Å². The second-order valence-corrected chi connectivity index (χ2v) is 6.15. The van der Waals surface area contributed by atoms with Crippen LogP contribution in [0, 0.1) is 12.8 Å². The van der Waals surface area contributed by atoms with Crippen molar-refractivity contribution in [1.29, 1.82) is 0 Å². The molecule has 1 atom stereocenters. The topological polar surface area (TPSA) is 58.4 Å². The molecule has 0 heterocycles. The standard InChI is InChI=1S/C16H27N3O/c1-11(2)8-13(10-19(4)5)18-16(20)14-9-12(3)6-7-15(14)17/h6-7,9,11,13H,8,10,17H2,1-5H3,(H,18,20). The second kappa shape index (κ2) is 7.29. The molecule has 1 aromatic rings. The number of rotatable bonds is 6. The average molecular weight is 277 g/mol. The quantitative estimate of drug-likeness (QED) is 0.784. The zero-order valence-electron chi connectivity index (χ0n) is 13.2. The smallest absolute Gasteiger partial charge is 0.253 e. The SMILES string of the molecule is Cc1ccc(N)c(C(=O)NC(CC(C)C)CN(C)C)c1. The van der Waals surface area contributed by atoms with E-state index in [0.29, 0.717) is 17.2 Å². The number of nitrogens with zero attached hydrogens (tertiary/aromatic N) is 1. The van der Waals surface area contributed by atoms with Crippen molar-refractivity contribution in [3.8, 4) is 0 Å². The summed E-state index contributed by atoms with van der Waals surface area (Å²) in [7, 11) is 4.03. The van der Waals surface area contributed by atoms with Crippen molar-refractivity contribution in [2.75, 3.05) is 26.4 Å². The van der Waals surface area contributed by atoms with Crippen molar-refractivity contribution in [2.24, 2.45) is 5.92 Å². The molecule has 0 aromatic heterocycles. The fourth-order valence-electron chi connectivity index (χ4n) is 2.32. The summed E-state index contributed by atoms with van der Waals surface area (Å²) in [6, 6.07) is 5.68. The van der Waals surface area contributed by atoms with Crippen molar-refractivity contribution < 1.29 is 4.79 Å². The zero-order chi connectivity index (χ0) is 15.3. The van der Waals surface area contributed by atoms with E-state index in [0.717, 1.165) is 18.5 Å². The van der Waals surface area contributed by atoms with Crippen LogP contribution in [0.1, 0.15) is 36.2 Å². The molecule has 1 amide bonds. The minimum atomic E-state index is -0.0845. The Morgan fingerprint density at radius 3 is 2.55 bits per heavy atom. The maximum atomic E-state index is 12.4. The zero-order valence-corrected chi connectivity index (χ0v) is 13.2. The summed E-state index contributed by atoms with van der Waals surface area (Å²) in [6.07, 6.45) is 0.954. The van der Waals surface area contributed by atoms with Gasteiger partial charge < -0.3 is 16.0 Å². The Morgan fingerprint density at radius 2 is 2.00 bits per heavy atom. The first-order valence-electron chi connectivity index (χ1n) is 7.11. The van der Waals surface area contributed by atoms with E-state index >= 15 is 0 Å². The predicted molar refractivity (Wildman–Crippen MR) is 84.9 cm³/mol. The maximum absolute atomic E-state index is 12.4. The Bertz CT molecular complexity index is 445. The highest BCUT2D eigenvalue weighted by atomic mass is 16.1. The van der Waals surface area contributed by atoms with Gasteiger partial charge in [0.25, 0.3) is 5.91 Å². The number of benzene rings is 1. The number of likely N-dealkylation sites (N-methyl/N-ethyl adjacent to an activating group) is 1. The number of nitrogen functional groups attached to an aromatic ring is 1. The van der Waals surface area contributed by atoms with Crippen LogP contribution in [-0.4, -0.2) is 37.5 Å². The van der Waals surface area contributed by atoms with Crippen LogP contribution in [0.4, 0.5) is 5.69 Å². The third kappa shape index (κ3) is 5.21. The van der Waals surface area contributed by atoms with E-state index in [4.69, 9.17) is 5.73 Å². The van der Waals surface area contributed by atoms with E-state index in [2.05, 4.69) is 24.1 Å². The molecule has 0 aliphatic carbocycles. The summed E-state index contributed by atoms with van der Waals surface area (Å²) in [4.78, 5) is 14.5. The third-order valence-electron chi connectivity index (χ3n) is 3.13. The van der Waals surface area contributed by atoms with E-state index in [-0.39, 0.29) is 11.9 Å². The Labute approximate surface area is 122 Å². The highest BCUT2D eigenvalue weighted by Crippen LogP contribution is 2.14. The van der Waals surface area contributed by atoms with Gasteiger partial charge in [-0.25, -0.2) is 0 Å². The van der Waals surface area contributed by atoms with Crippen molar-refractivity contribution in [1.82, 2.24) is 10.2 Å². The van der Waals surface area contributed by atoms with Crippen LogP contribution in [0.5, 0.6) is 0 Å². The summed E-state index contributed by atoms with van der Waals surface area (Å²) < 4.78 is 0. The third-order valence-corrected chi connectivity index (χ3v) is 3.13. The molecule has 20 heavy (non-hydrogen) atoms. The molecule has 1 unspecified atom stereocenters. The van der Waals surface area contributed by atoms with E-state index in [9.17, 15) is 4.79 Å². The number of hydrogen-bond donors (Lipinski definition) is 2. The lowest BCUT2D eigenvalue weighted by atomic mass is 10.0. The minimum Gasteiger partial charge on any atom is -0.398 e. The summed E-state index contributed by atoms with van der Waals surface area (Å²) in [5.41, 5.74) is 8.03. The molecule has 0 aliphatic rings. The lowest BCUT2D eigenvalue weighted by Crippen LogP contribution is -2.42. The van der Waals surface area contributed by atoms with Gasteiger partial charge >= 0.3 is 0 Å². The molecule has 0 saturated heterocycles. The lowest BCUT2D eigenvalue weighted by molar-refractivity contribution is 0.0925. The van der Waals surface area contributed by atoms with Crippen molar-refractivity contribution >= 4 is 11.6 Å². The predicted octanol–water partition coefficient (Wildman–Crippen LogP) is 2.28. The van der Waals surface area contributed by atoms with Gasteiger partial charge in [-0.05, 0) is 45.5 Å². The number of nitrogens with one attached hydrogen (secondary N) is 1. The van der Waals surface area contributed by atoms with E-state index in [1.165, 1.54) is 0 Å². The Morgan fingerprint density at radius 1 is 1.35 bits per heavy atom. The number of carbonyl (C=O) groups is 1. The van der Waals surface area contributed by atoms with Gasteiger partial charge in [0, 0.05) is 18.3 Å². The summed E-state index contributed by atoms with van der Waals surface area (Å²) in [5.74, 6) is 0.453. The summed E-state index contributed by atoms with van der Waals surface area (Å²) >= 11 is 0. The number of anilines is 1. The first kappa shape index (κ1) is 16.5. The molecule has 0 fully saturated rings. The van der Waals surface area contributed by atoms with Crippen LogP contribution in [0.25, 0.3) is 0 Å². The molecule has 0 spiro atoms. The molecule has 4 heteroatoms. The van der Waals surface area contributed by atoms with Crippen LogP contribution >= 0.6 is 0 Å². The van der Waals surface area contributed by atoms with Crippen molar-refractivity contribution in [3.63, 3.8) is 0 Å². The van der Waals surface area contributed by atoms with Gasteiger partial charge in [0.15, 0.2) is 0 Å². The van der Waals surface area contributed by atoms with Gasteiger partial charge in [-0.15, -0.1) is 0 Å². The number of amides is 1. The Kier molecular flexibility index (Phi) is 6.02. The highest BCUT2D eigenvalue weighted by molar-refractivity contribution is 5.99. The number of aryl methyl sites for hydroxylation is 1. The van der Waals surface area contributed by atoms with Gasteiger partial charge in [0.1, 0.15) is 0 Å². The minimum absolute atomic E-state index is 0.0845. The molecule has 0 bridgehead atoms. The number of hydrogen-bond acceptors (Lipinski definition) is 3. The molecule has 0 radical (unpaired) electrons. The molecule has 1 aromatic carbocycles. The molecular formula is C16H27N3O. The molecular weight excluding hydrogens is 250 g/mol. The first-order chi connectivity index (χ1) is 9.29. The molecule has 112 valence electrons. The molecule has 4 nitrogen and oxygen atoms in total. The van der Waals surface area contributed by atoms with Gasteiger partial charge in [-0.1, -0.05) is 25.5 Å². The summed E-state index contributed by atoms with van der Waals surface area (Å²) in [6.45, 7) is 7.11. The Balaban J connectivity index is 2.81. The lowest BCUT2D eigenvalue weighted by Gasteiger charge is -2.24. The van der Waals surface area contributed by atoms with Gasteiger partial charge in [0.05, 0.1) is 5.56 Å². The first-order valence-corrected chi connectivity index (χ1v) is 7.11. The van der Waals surface area contributed by atoms with E-state index < -0.39 is 0 Å². The summed E-state index contributed by atoms with van der Waals surface area (Å²) in [5, 5.41) is 3.10. The van der Waals surface area contributed by atoms with Crippen molar-refractivity contribution in [3.05, 3.63) is 29.3 Å². The molecule has 3 N–H and O–H groups in total. The second-order valence-electron chi connectivity index (χ2n) is 6.15. The van der Waals surface area contributed by atoms with Crippen LogP contribution < -0.4 is 11.1 Å². The largest absolute Gasteiger partial charge is 0.398 e. The monoisotopic (exact) mass is 277 g/mol. The van der Waals surface area contributed by atoms with Crippen LogP contribution in [0.15, 0.2) is 18.2 Å². The normalized spacial score (nSPS) is 12.8. The number of nitrogens with two attached hydrogens (primary N) is 1. The van der Waals surface area contributed by atoms with Gasteiger partial charge in [0.2, 0.25) is 0 Å². The van der Waals surface area contributed by atoms with Gasteiger partial charge in [-0.3, -0.25) is 4.79 Å². The fraction of sp³-hybridized carbons (Fsp3) is 0.562. The van der Waals surface area contributed by atoms with Crippen LogP contribution in [0.3, 0.4) is 0 Å². The van der Waals surface area contributed by atoms with E-state index in [1.54, 1.807) is 6.07 Å². The molecule has 0 aliphatic heterocycles. The average Bonchev–Trinajstić information content (AvgIpc) is 2.30. The number of carbonyl (C=O) groups excluding carboxylic acids is 1. The van der Waals surface area contributed by atoms with Gasteiger partial charge in [-0.2, -0.15) is 0 Å². The fourth-order valence-corrected chi connectivity index (χ4v) is 2.32.